The SMILES string of the molecule is C[C@@H]1CC2(CCCN2)C[C@@H]1C. The van der Waals surface area contributed by atoms with Crippen LogP contribution in [0.3, 0.4) is 0 Å². The zero-order valence-corrected chi connectivity index (χ0v) is 7.69. The Balaban J connectivity index is 2.06. The molecule has 0 bridgehead atoms. The van der Waals surface area contributed by atoms with Crippen molar-refractivity contribution in [2.24, 2.45) is 11.8 Å². The molecule has 0 aromatic carbocycles. The van der Waals surface area contributed by atoms with Crippen LogP contribution >= 0.6 is 0 Å². The summed E-state index contributed by atoms with van der Waals surface area (Å²) in [6, 6.07) is 0. The molecule has 0 amide bonds. The summed E-state index contributed by atoms with van der Waals surface area (Å²) >= 11 is 0. The van der Waals surface area contributed by atoms with Gasteiger partial charge in [0.1, 0.15) is 0 Å². The van der Waals surface area contributed by atoms with Gasteiger partial charge in [0, 0.05) is 5.54 Å². The predicted molar refractivity (Wildman–Crippen MR) is 47.5 cm³/mol. The molecule has 1 aliphatic heterocycles. The molecule has 1 nitrogen and oxygen atoms in total. The molecule has 1 saturated carbocycles. The molecule has 0 aromatic heterocycles. The van der Waals surface area contributed by atoms with Crippen molar-refractivity contribution in [2.75, 3.05) is 6.54 Å². The van der Waals surface area contributed by atoms with Crippen LogP contribution in [0.15, 0.2) is 0 Å². The van der Waals surface area contributed by atoms with Gasteiger partial charge in [-0.3, -0.25) is 0 Å². The molecule has 0 aromatic rings. The average molecular weight is 153 g/mol. The monoisotopic (exact) mass is 153 g/mol. The number of rotatable bonds is 0. The summed E-state index contributed by atoms with van der Waals surface area (Å²) in [5.74, 6) is 1.89. The molecule has 1 N–H and O–H groups in total. The smallest absolute Gasteiger partial charge is 0.0187 e. The number of hydrogen-bond acceptors (Lipinski definition) is 1. The highest BCUT2D eigenvalue weighted by Gasteiger charge is 2.42. The summed E-state index contributed by atoms with van der Waals surface area (Å²) in [4.78, 5) is 0. The zero-order chi connectivity index (χ0) is 7.90. The summed E-state index contributed by atoms with van der Waals surface area (Å²) in [6.07, 6.45) is 5.68. The van der Waals surface area contributed by atoms with Gasteiger partial charge in [-0.05, 0) is 44.1 Å². The van der Waals surface area contributed by atoms with Crippen molar-refractivity contribution in [2.45, 2.75) is 45.1 Å². The maximum absolute atomic E-state index is 3.69. The predicted octanol–water partition coefficient (Wildman–Crippen LogP) is 2.17. The summed E-state index contributed by atoms with van der Waals surface area (Å²) < 4.78 is 0. The first-order valence-electron chi connectivity index (χ1n) is 4.97. The third-order valence-corrected chi connectivity index (χ3v) is 3.73. The van der Waals surface area contributed by atoms with Crippen LogP contribution in [0, 0.1) is 11.8 Å². The maximum Gasteiger partial charge on any atom is 0.0187 e. The highest BCUT2D eigenvalue weighted by Crippen LogP contribution is 2.43. The van der Waals surface area contributed by atoms with Crippen molar-refractivity contribution < 1.29 is 0 Å². The molecule has 11 heavy (non-hydrogen) atoms. The fourth-order valence-corrected chi connectivity index (χ4v) is 2.94. The Morgan fingerprint density at radius 1 is 1.18 bits per heavy atom. The van der Waals surface area contributed by atoms with Crippen LogP contribution in [0.4, 0.5) is 0 Å². The Hall–Kier alpha value is -0.0400. The van der Waals surface area contributed by atoms with Crippen LogP contribution in [0.5, 0.6) is 0 Å². The van der Waals surface area contributed by atoms with E-state index in [0.717, 1.165) is 11.8 Å². The third kappa shape index (κ3) is 1.20. The van der Waals surface area contributed by atoms with Gasteiger partial charge in [0.25, 0.3) is 0 Å². The van der Waals surface area contributed by atoms with E-state index in [0.29, 0.717) is 5.54 Å². The molecule has 1 heterocycles. The van der Waals surface area contributed by atoms with Crippen LogP contribution in [0.1, 0.15) is 39.5 Å². The highest BCUT2D eigenvalue weighted by molar-refractivity contribution is 5.00. The molecule has 1 saturated heterocycles. The molecule has 3 atom stereocenters. The minimum Gasteiger partial charge on any atom is -0.311 e. The lowest BCUT2D eigenvalue weighted by atomic mass is 9.94. The standard InChI is InChI=1S/C10H19N/c1-8-6-10(7-9(8)2)4-3-5-11-10/h8-9,11H,3-7H2,1-2H3/t8-,9+,10?. The van der Waals surface area contributed by atoms with E-state index >= 15 is 0 Å². The molecular formula is C10H19N. The lowest BCUT2D eigenvalue weighted by Gasteiger charge is -2.23. The number of nitrogens with one attached hydrogen (secondary N) is 1. The van der Waals surface area contributed by atoms with Crippen LogP contribution in [0.25, 0.3) is 0 Å². The molecule has 0 radical (unpaired) electrons. The summed E-state index contributed by atoms with van der Waals surface area (Å²) in [6.45, 7) is 6.07. The van der Waals surface area contributed by atoms with Crippen molar-refractivity contribution >= 4 is 0 Å². The van der Waals surface area contributed by atoms with Gasteiger partial charge in [-0.15, -0.1) is 0 Å². The Bertz CT molecular complexity index is 135. The fourth-order valence-electron chi connectivity index (χ4n) is 2.94. The first kappa shape index (κ1) is 7.60. The van der Waals surface area contributed by atoms with E-state index in [4.69, 9.17) is 0 Å². The summed E-state index contributed by atoms with van der Waals surface area (Å²) in [5, 5.41) is 3.69. The van der Waals surface area contributed by atoms with Gasteiger partial charge in [-0.25, -0.2) is 0 Å². The molecule has 1 unspecified atom stereocenters. The Morgan fingerprint density at radius 3 is 2.27 bits per heavy atom. The van der Waals surface area contributed by atoms with Gasteiger partial charge < -0.3 is 5.32 Å². The Kier molecular flexibility index (Phi) is 1.71. The fraction of sp³-hybridized carbons (Fsp3) is 1.00. The Morgan fingerprint density at radius 2 is 1.82 bits per heavy atom. The molecule has 64 valence electrons. The van der Waals surface area contributed by atoms with E-state index in [-0.39, 0.29) is 0 Å². The number of hydrogen-bond donors (Lipinski definition) is 1. The van der Waals surface area contributed by atoms with E-state index in [9.17, 15) is 0 Å². The highest BCUT2D eigenvalue weighted by atomic mass is 15.0. The first-order valence-corrected chi connectivity index (χ1v) is 4.97. The molecule has 2 aliphatic rings. The molecule has 1 aliphatic carbocycles. The van der Waals surface area contributed by atoms with Crippen molar-refractivity contribution in [3.8, 4) is 0 Å². The largest absolute Gasteiger partial charge is 0.311 e. The van der Waals surface area contributed by atoms with Gasteiger partial charge >= 0.3 is 0 Å². The molecule has 1 spiro atoms. The lowest BCUT2D eigenvalue weighted by molar-refractivity contribution is 0.372. The first-order chi connectivity index (χ1) is 5.22. The minimum atomic E-state index is 0.582. The lowest BCUT2D eigenvalue weighted by Crippen LogP contribution is -2.36. The quantitative estimate of drug-likeness (QED) is 0.562. The van der Waals surface area contributed by atoms with Crippen LogP contribution in [0.2, 0.25) is 0 Å². The van der Waals surface area contributed by atoms with E-state index in [1.165, 1.54) is 32.2 Å². The van der Waals surface area contributed by atoms with Gasteiger partial charge in [-0.1, -0.05) is 13.8 Å². The van der Waals surface area contributed by atoms with Crippen LogP contribution < -0.4 is 5.32 Å². The summed E-state index contributed by atoms with van der Waals surface area (Å²) in [5.41, 5.74) is 0.582. The van der Waals surface area contributed by atoms with Crippen molar-refractivity contribution in [3.05, 3.63) is 0 Å². The second-order valence-electron chi connectivity index (χ2n) is 4.67. The van der Waals surface area contributed by atoms with E-state index in [1.807, 2.05) is 0 Å². The van der Waals surface area contributed by atoms with Crippen molar-refractivity contribution in [1.82, 2.24) is 5.32 Å². The van der Waals surface area contributed by atoms with E-state index < -0.39 is 0 Å². The topological polar surface area (TPSA) is 12.0 Å². The van der Waals surface area contributed by atoms with Crippen LogP contribution in [-0.2, 0) is 0 Å². The zero-order valence-electron chi connectivity index (χ0n) is 7.69. The molecular weight excluding hydrogens is 134 g/mol. The maximum atomic E-state index is 3.69. The van der Waals surface area contributed by atoms with Gasteiger partial charge in [0.2, 0.25) is 0 Å². The van der Waals surface area contributed by atoms with Crippen LogP contribution in [-0.4, -0.2) is 12.1 Å². The molecule has 1 heteroatoms. The molecule has 2 fully saturated rings. The second kappa shape index (κ2) is 2.48. The minimum absolute atomic E-state index is 0.582. The van der Waals surface area contributed by atoms with Crippen molar-refractivity contribution in [1.29, 1.82) is 0 Å². The van der Waals surface area contributed by atoms with Gasteiger partial charge in [-0.2, -0.15) is 0 Å². The average Bonchev–Trinajstić information content (AvgIpc) is 2.46. The third-order valence-electron chi connectivity index (χ3n) is 3.73. The van der Waals surface area contributed by atoms with Gasteiger partial charge in [0.15, 0.2) is 0 Å². The Labute approximate surface area is 69.6 Å². The molecule has 2 rings (SSSR count). The van der Waals surface area contributed by atoms with Gasteiger partial charge in [0.05, 0.1) is 0 Å². The van der Waals surface area contributed by atoms with E-state index in [1.54, 1.807) is 0 Å². The second-order valence-corrected chi connectivity index (χ2v) is 4.67. The summed E-state index contributed by atoms with van der Waals surface area (Å²) in [7, 11) is 0. The van der Waals surface area contributed by atoms with Crippen molar-refractivity contribution in [3.63, 3.8) is 0 Å². The van der Waals surface area contributed by atoms with E-state index in [2.05, 4.69) is 19.2 Å². The normalized spacial score (nSPS) is 50.7.